The van der Waals surface area contributed by atoms with Gasteiger partial charge in [0, 0.05) is 26.2 Å². The summed E-state index contributed by atoms with van der Waals surface area (Å²) >= 11 is 0. The zero-order valence-electron chi connectivity index (χ0n) is 14.1. The second-order valence-electron chi connectivity index (χ2n) is 6.51. The van der Waals surface area contributed by atoms with Crippen LogP contribution in [0.15, 0.2) is 10.6 Å². The first-order chi connectivity index (χ1) is 10.1. The molecule has 0 saturated carbocycles. The van der Waals surface area contributed by atoms with Gasteiger partial charge < -0.3 is 19.5 Å². The number of hydrogen-bond acceptors (Lipinski definition) is 5. The Balaban J connectivity index is 2.38. The standard InChI is InChI=1S/C15H25N3O4/c1-10(9-18(6)14(20)21-15(3,4)5)8-16-13(19)12-7-11(2)17-22-12/h7,10H,8-9H2,1-6H3,(H,16,19). The molecule has 2 amide bonds. The highest BCUT2D eigenvalue weighted by molar-refractivity contribution is 5.91. The van der Waals surface area contributed by atoms with Crippen LogP contribution >= 0.6 is 0 Å². The van der Waals surface area contributed by atoms with E-state index in [1.54, 1.807) is 20.0 Å². The third-order valence-electron chi connectivity index (χ3n) is 2.75. The Bertz CT molecular complexity index is 519. The largest absolute Gasteiger partial charge is 0.444 e. The number of nitrogens with one attached hydrogen (secondary N) is 1. The molecule has 1 atom stereocenters. The van der Waals surface area contributed by atoms with Gasteiger partial charge in [0.25, 0.3) is 5.91 Å². The fourth-order valence-electron chi connectivity index (χ4n) is 1.77. The summed E-state index contributed by atoms with van der Waals surface area (Å²) in [6.07, 6.45) is -0.378. The molecule has 1 unspecified atom stereocenters. The van der Waals surface area contributed by atoms with Gasteiger partial charge in [0.15, 0.2) is 0 Å². The van der Waals surface area contributed by atoms with Gasteiger partial charge in [0.1, 0.15) is 5.60 Å². The first-order valence-electron chi connectivity index (χ1n) is 7.24. The SMILES string of the molecule is Cc1cc(C(=O)NCC(C)CN(C)C(=O)OC(C)(C)C)on1. The molecule has 0 saturated heterocycles. The van der Waals surface area contributed by atoms with Gasteiger partial charge in [-0.1, -0.05) is 12.1 Å². The molecular formula is C15H25N3O4. The first-order valence-corrected chi connectivity index (χ1v) is 7.24. The van der Waals surface area contributed by atoms with E-state index in [0.29, 0.717) is 18.8 Å². The maximum absolute atomic E-state index is 11.8. The summed E-state index contributed by atoms with van der Waals surface area (Å²) < 4.78 is 10.2. The molecule has 0 aromatic carbocycles. The molecule has 22 heavy (non-hydrogen) atoms. The first kappa shape index (κ1) is 18.0. The summed E-state index contributed by atoms with van der Waals surface area (Å²) in [5, 5.41) is 6.42. The fourth-order valence-corrected chi connectivity index (χ4v) is 1.77. The molecule has 7 heteroatoms. The number of amides is 2. The third kappa shape index (κ3) is 6.15. The maximum atomic E-state index is 11.8. The molecule has 0 radical (unpaired) electrons. The smallest absolute Gasteiger partial charge is 0.410 e. The summed E-state index contributed by atoms with van der Waals surface area (Å²) in [5.74, 6) is -0.0527. The van der Waals surface area contributed by atoms with Gasteiger partial charge in [0.2, 0.25) is 5.76 Å². The zero-order chi connectivity index (χ0) is 16.9. The lowest BCUT2D eigenvalue weighted by Crippen LogP contribution is -2.39. The van der Waals surface area contributed by atoms with Crippen molar-refractivity contribution >= 4 is 12.0 Å². The van der Waals surface area contributed by atoms with Crippen LogP contribution < -0.4 is 5.32 Å². The van der Waals surface area contributed by atoms with E-state index in [9.17, 15) is 9.59 Å². The van der Waals surface area contributed by atoms with Crippen molar-refractivity contribution in [2.24, 2.45) is 5.92 Å². The molecule has 0 fully saturated rings. The predicted molar refractivity (Wildman–Crippen MR) is 81.6 cm³/mol. The molecule has 0 aliphatic heterocycles. The van der Waals surface area contributed by atoms with Crippen molar-refractivity contribution in [3.63, 3.8) is 0 Å². The summed E-state index contributed by atoms with van der Waals surface area (Å²) in [6, 6.07) is 1.58. The number of nitrogens with zero attached hydrogens (tertiary/aromatic N) is 2. The van der Waals surface area contributed by atoms with Crippen molar-refractivity contribution in [1.29, 1.82) is 0 Å². The van der Waals surface area contributed by atoms with Crippen LogP contribution in [0.1, 0.15) is 43.9 Å². The lowest BCUT2D eigenvalue weighted by molar-refractivity contribution is 0.0277. The van der Waals surface area contributed by atoms with E-state index in [1.165, 1.54) is 4.90 Å². The van der Waals surface area contributed by atoms with Crippen molar-refractivity contribution in [3.8, 4) is 0 Å². The van der Waals surface area contributed by atoms with Crippen LogP contribution in [-0.4, -0.2) is 47.8 Å². The van der Waals surface area contributed by atoms with Crippen LogP contribution in [0.3, 0.4) is 0 Å². The number of rotatable bonds is 5. The molecule has 1 heterocycles. The fraction of sp³-hybridized carbons (Fsp3) is 0.667. The van der Waals surface area contributed by atoms with Gasteiger partial charge in [-0.15, -0.1) is 0 Å². The van der Waals surface area contributed by atoms with Crippen molar-refractivity contribution in [1.82, 2.24) is 15.4 Å². The number of hydrogen-bond donors (Lipinski definition) is 1. The topological polar surface area (TPSA) is 84.7 Å². The van der Waals surface area contributed by atoms with Crippen LogP contribution in [0.5, 0.6) is 0 Å². The molecule has 1 aromatic heterocycles. The van der Waals surface area contributed by atoms with Gasteiger partial charge in [-0.05, 0) is 33.6 Å². The van der Waals surface area contributed by atoms with Crippen molar-refractivity contribution in [3.05, 3.63) is 17.5 Å². The van der Waals surface area contributed by atoms with Gasteiger partial charge in [-0.3, -0.25) is 4.79 Å². The molecule has 1 aromatic rings. The van der Waals surface area contributed by atoms with E-state index in [2.05, 4.69) is 10.5 Å². The van der Waals surface area contributed by atoms with E-state index in [0.717, 1.165) is 0 Å². The molecule has 1 N–H and O–H groups in total. The molecule has 7 nitrogen and oxygen atoms in total. The minimum absolute atomic E-state index is 0.0745. The highest BCUT2D eigenvalue weighted by atomic mass is 16.6. The Hall–Kier alpha value is -2.05. The van der Waals surface area contributed by atoms with Crippen molar-refractivity contribution in [2.75, 3.05) is 20.1 Å². The average Bonchev–Trinajstić information content (AvgIpc) is 2.80. The number of ether oxygens (including phenoxy) is 1. The highest BCUT2D eigenvalue weighted by Crippen LogP contribution is 2.10. The highest BCUT2D eigenvalue weighted by Gasteiger charge is 2.21. The van der Waals surface area contributed by atoms with E-state index >= 15 is 0 Å². The monoisotopic (exact) mass is 311 g/mol. The summed E-state index contributed by atoms with van der Waals surface area (Å²) in [7, 11) is 1.67. The van der Waals surface area contributed by atoms with Crippen LogP contribution in [0.4, 0.5) is 4.79 Å². The van der Waals surface area contributed by atoms with E-state index < -0.39 is 5.60 Å². The zero-order valence-corrected chi connectivity index (χ0v) is 14.1. The summed E-state index contributed by atoms with van der Waals surface area (Å²) in [4.78, 5) is 25.2. The normalized spacial score (nSPS) is 12.6. The van der Waals surface area contributed by atoms with Gasteiger partial charge in [0.05, 0.1) is 5.69 Å². The molecule has 124 valence electrons. The number of carbonyl (C=O) groups excluding carboxylic acids is 2. The third-order valence-corrected chi connectivity index (χ3v) is 2.75. The molecule has 1 rings (SSSR count). The Kier molecular flexibility index (Phi) is 5.96. The quantitative estimate of drug-likeness (QED) is 0.901. The molecular weight excluding hydrogens is 286 g/mol. The minimum atomic E-state index is -0.521. The number of carbonyl (C=O) groups is 2. The van der Waals surface area contributed by atoms with Crippen LogP contribution in [-0.2, 0) is 4.74 Å². The maximum Gasteiger partial charge on any atom is 0.410 e. The Morgan fingerprint density at radius 3 is 2.59 bits per heavy atom. The second kappa shape index (κ2) is 7.29. The molecule has 0 spiro atoms. The number of aryl methyl sites for hydroxylation is 1. The Morgan fingerprint density at radius 1 is 1.45 bits per heavy atom. The Morgan fingerprint density at radius 2 is 2.09 bits per heavy atom. The van der Waals surface area contributed by atoms with Crippen LogP contribution in [0.2, 0.25) is 0 Å². The van der Waals surface area contributed by atoms with Crippen LogP contribution in [0, 0.1) is 12.8 Å². The summed E-state index contributed by atoms with van der Waals surface area (Å²) in [6.45, 7) is 10.0. The van der Waals surface area contributed by atoms with Crippen LogP contribution in [0.25, 0.3) is 0 Å². The van der Waals surface area contributed by atoms with E-state index in [1.807, 2.05) is 27.7 Å². The van der Waals surface area contributed by atoms with Gasteiger partial charge >= 0.3 is 6.09 Å². The Labute approximate surface area is 131 Å². The van der Waals surface area contributed by atoms with Gasteiger partial charge in [-0.25, -0.2) is 4.79 Å². The summed E-state index contributed by atoms with van der Waals surface area (Å²) in [5.41, 5.74) is 0.135. The van der Waals surface area contributed by atoms with Crippen molar-refractivity contribution in [2.45, 2.75) is 40.2 Å². The lowest BCUT2D eigenvalue weighted by Gasteiger charge is -2.26. The second-order valence-corrected chi connectivity index (χ2v) is 6.51. The van der Waals surface area contributed by atoms with Gasteiger partial charge in [-0.2, -0.15) is 0 Å². The minimum Gasteiger partial charge on any atom is -0.444 e. The molecule has 0 aliphatic rings. The predicted octanol–water partition coefficient (Wildman–Crippen LogP) is 2.22. The van der Waals surface area contributed by atoms with Crippen molar-refractivity contribution < 1.29 is 18.8 Å². The van der Waals surface area contributed by atoms with E-state index in [-0.39, 0.29) is 23.7 Å². The molecule has 0 bridgehead atoms. The lowest BCUT2D eigenvalue weighted by atomic mass is 10.1. The molecule has 0 aliphatic carbocycles. The average molecular weight is 311 g/mol. The van der Waals surface area contributed by atoms with E-state index in [4.69, 9.17) is 9.26 Å². The number of aromatic nitrogens is 1.